The Morgan fingerprint density at radius 2 is 2.00 bits per heavy atom. The number of hydrogen-bond acceptors (Lipinski definition) is 2. The van der Waals surface area contributed by atoms with Crippen LogP contribution in [0.25, 0.3) is 0 Å². The average Bonchev–Trinajstić information content (AvgIpc) is 2.70. The van der Waals surface area contributed by atoms with Crippen molar-refractivity contribution in [2.24, 2.45) is 0 Å². The summed E-state index contributed by atoms with van der Waals surface area (Å²) in [6.07, 6.45) is 4.28. The van der Waals surface area contributed by atoms with Gasteiger partial charge in [-0.15, -0.1) is 0 Å². The minimum absolute atomic E-state index is 0.0298. The quantitative estimate of drug-likeness (QED) is 0.753. The molecule has 1 aromatic heterocycles. The Kier molecular flexibility index (Phi) is 2.85. The smallest absolute Gasteiger partial charge is 0.229 e. The van der Waals surface area contributed by atoms with Gasteiger partial charge in [-0.05, 0) is 18.6 Å². The molecule has 2 amide bonds. The summed E-state index contributed by atoms with van der Waals surface area (Å²) in [5, 5.41) is 0. The van der Waals surface area contributed by atoms with Crippen molar-refractivity contribution in [3.05, 3.63) is 24.0 Å². The average molecular weight is 206 g/mol. The van der Waals surface area contributed by atoms with Gasteiger partial charge < -0.3 is 4.98 Å². The Morgan fingerprint density at radius 3 is 2.60 bits per heavy atom. The van der Waals surface area contributed by atoms with E-state index in [1.54, 1.807) is 0 Å². The number of imide groups is 1. The molecule has 1 saturated heterocycles. The number of amides is 2. The number of piperidine rings is 1. The molecular formula is C11H14N2O2. The summed E-state index contributed by atoms with van der Waals surface area (Å²) in [4.78, 5) is 27.4. The van der Waals surface area contributed by atoms with Gasteiger partial charge in [-0.3, -0.25) is 14.5 Å². The number of aromatic amines is 1. The van der Waals surface area contributed by atoms with Gasteiger partial charge in [0.05, 0.1) is 0 Å². The maximum absolute atomic E-state index is 11.5. The highest BCUT2D eigenvalue weighted by atomic mass is 16.2. The molecule has 1 N–H and O–H groups in total. The van der Waals surface area contributed by atoms with Crippen molar-refractivity contribution in [1.29, 1.82) is 0 Å². The van der Waals surface area contributed by atoms with E-state index in [2.05, 4.69) is 4.98 Å². The Labute approximate surface area is 88.3 Å². The van der Waals surface area contributed by atoms with Crippen LogP contribution >= 0.6 is 0 Å². The van der Waals surface area contributed by atoms with E-state index < -0.39 is 0 Å². The van der Waals surface area contributed by atoms with E-state index in [0.717, 1.165) is 5.69 Å². The fourth-order valence-corrected chi connectivity index (χ4v) is 1.80. The first-order valence-electron chi connectivity index (χ1n) is 5.23. The second-order valence-corrected chi connectivity index (χ2v) is 3.74. The topological polar surface area (TPSA) is 53.2 Å². The molecule has 80 valence electrons. The molecule has 4 heteroatoms. The number of H-pyrrole nitrogens is 1. The van der Waals surface area contributed by atoms with E-state index in [4.69, 9.17) is 0 Å². The lowest BCUT2D eigenvalue weighted by atomic mass is 10.1. The van der Waals surface area contributed by atoms with Crippen LogP contribution < -0.4 is 0 Å². The molecule has 0 atom stereocenters. The highest BCUT2D eigenvalue weighted by Gasteiger charge is 2.25. The minimum atomic E-state index is -0.0298. The van der Waals surface area contributed by atoms with Crippen LogP contribution in [0.15, 0.2) is 18.3 Å². The predicted octanol–water partition coefficient (Wildman–Crippen LogP) is 1.10. The van der Waals surface area contributed by atoms with Crippen LogP contribution in [0.3, 0.4) is 0 Å². The van der Waals surface area contributed by atoms with Gasteiger partial charge in [-0.1, -0.05) is 0 Å². The van der Waals surface area contributed by atoms with E-state index in [9.17, 15) is 9.59 Å². The monoisotopic (exact) mass is 206 g/mol. The number of carbonyl (C=O) groups is 2. The van der Waals surface area contributed by atoms with Crippen LogP contribution in [0.5, 0.6) is 0 Å². The van der Waals surface area contributed by atoms with Crippen molar-refractivity contribution in [2.75, 3.05) is 6.54 Å². The van der Waals surface area contributed by atoms with Gasteiger partial charge in [-0.2, -0.15) is 0 Å². The first kappa shape index (κ1) is 9.96. The summed E-state index contributed by atoms with van der Waals surface area (Å²) in [6, 6.07) is 3.87. The van der Waals surface area contributed by atoms with Gasteiger partial charge in [0.15, 0.2) is 0 Å². The summed E-state index contributed by atoms with van der Waals surface area (Å²) < 4.78 is 0. The van der Waals surface area contributed by atoms with Gasteiger partial charge in [0, 0.05) is 37.7 Å². The Bertz CT molecular complexity index is 341. The Balaban J connectivity index is 1.92. The van der Waals surface area contributed by atoms with Crippen molar-refractivity contribution in [1.82, 2.24) is 9.88 Å². The van der Waals surface area contributed by atoms with E-state index in [1.165, 1.54) is 4.90 Å². The van der Waals surface area contributed by atoms with Crippen molar-refractivity contribution >= 4 is 11.8 Å². The van der Waals surface area contributed by atoms with Gasteiger partial charge in [0.1, 0.15) is 0 Å². The van der Waals surface area contributed by atoms with Crippen LogP contribution in [0.1, 0.15) is 25.0 Å². The summed E-state index contributed by atoms with van der Waals surface area (Å²) in [5.41, 5.74) is 1.06. The molecule has 1 aliphatic rings. The number of likely N-dealkylation sites (tertiary alicyclic amines) is 1. The maximum atomic E-state index is 11.5. The third-order valence-electron chi connectivity index (χ3n) is 2.65. The van der Waals surface area contributed by atoms with Crippen LogP contribution in [0.2, 0.25) is 0 Å². The molecule has 1 fully saturated rings. The molecule has 4 nitrogen and oxygen atoms in total. The molecule has 0 aromatic carbocycles. The Hall–Kier alpha value is -1.58. The molecule has 0 saturated carbocycles. The molecule has 1 aromatic rings. The van der Waals surface area contributed by atoms with Crippen LogP contribution in [0.4, 0.5) is 0 Å². The van der Waals surface area contributed by atoms with Gasteiger partial charge in [0.25, 0.3) is 0 Å². The van der Waals surface area contributed by atoms with Gasteiger partial charge >= 0.3 is 0 Å². The molecule has 2 heterocycles. The highest BCUT2D eigenvalue weighted by Crippen LogP contribution is 2.12. The number of aromatic nitrogens is 1. The molecule has 0 radical (unpaired) electrons. The molecule has 0 bridgehead atoms. The van der Waals surface area contributed by atoms with Crippen LogP contribution in [0, 0.1) is 0 Å². The van der Waals surface area contributed by atoms with Crippen molar-refractivity contribution < 1.29 is 9.59 Å². The molecule has 1 aliphatic heterocycles. The minimum Gasteiger partial charge on any atom is -0.365 e. The summed E-state index contributed by atoms with van der Waals surface area (Å²) in [7, 11) is 0. The third kappa shape index (κ3) is 2.26. The largest absolute Gasteiger partial charge is 0.365 e. The Morgan fingerprint density at radius 1 is 1.27 bits per heavy atom. The number of rotatable bonds is 3. The number of nitrogens with one attached hydrogen (secondary N) is 1. The second-order valence-electron chi connectivity index (χ2n) is 3.74. The molecule has 15 heavy (non-hydrogen) atoms. The fraction of sp³-hybridized carbons (Fsp3) is 0.455. The van der Waals surface area contributed by atoms with E-state index >= 15 is 0 Å². The lowest BCUT2D eigenvalue weighted by Gasteiger charge is -2.24. The number of carbonyl (C=O) groups excluding carboxylic acids is 2. The normalized spacial score (nSPS) is 17.2. The van der Waals surface area contributed by atoms with E-state index in [0.29, 0.717) is 32.2 Å². The standard InChI is InChI=1S/C11H14N2O2/c14-10-4-1-5-11(15)13(10)8-6-9-3-2-7-12-9/h2-3,7,12H,1,4-6,8H2. The molecule has 0 unspecified atom stereocenters. The zero-order chi connectivity index (χ0) is 10.7. The summed E-state index contributed by atoms with van der Waals surface area (Å²) >= 11 is 0. The first-order chi connectivity index (χ1) is 7.27. The van der Waals surface area contributed by atoms with Crippen molar-refractivity contribution in [3.8, 4) is 0 Å². The third-order valence-corrected chi connectivity index (χ3v) is 2.65. The van der Waals surface area contributed by atoms with E-state index in [1.807, 2.05) is 18.3 Å². The SMILES string of the molecule is O=C1CCCC(=O)N1CCc1ccc[nH]1. The first-order valence-corrected chi connectivity index (χ1v) is 5.23. The second kappa shape index (κ2) is 4.29. The molecular weight excluding hydrogens is 192 g/mol. The van der Waals surface area contributed by atoms with Crippen molar-refractivity contribution in [3.63, 3.8) is 0 Å². The number of nitrogens with zero attached hydrogens (tertiary/aromatic N) is 1. The fourth-order valence-electron chi connectivity index (χ4n) is 1.80. The number of hydrogen-bond donors (Lipinski definition) is 1. The maximum Gasteiger partial charge on any atom is 0.229 e. The zero-order valence-corrected chi connectivity index (χ0v) is 8.53. The van der Waals surface area contributed by atoms with E-state index in [-0.39, 0.29) is 11.8 Å². The lowest BCUT2D eigenvalue weighted by Crippen LogP contribution is -2.41. The lowest BCUT2D eigenvalue weighted by molar-refractivity contribution is -0.147. The summed E-state index contributed by atoms with van der Waals surface area (Å²) in [6.45, 7) is 0.498. The van der Waals surface area contributed by atoms with Gasteiger partial charge in [0.2, 0.25) is 11.8 Å². The van der Waals surface area contributed by atoms with Crippen LogP contribution in [-0.2, 0) is 16.0 Å². The van der Waals surface area contributed by atoms with Crippen LogP contribution in [-0.4, -0.2) is 28.2 Å². The highest BCUT2D eigenvalue weighted by molar-refractivity contribution is 5.97. The molecule has 0 spiro atoms. The summed E-state index contributed by atoms with van der Waals surface area (Å²) in [5.74, 6) is -0.0596. The van der Waals surface area contributed by atoms with Crippen molar-refractivity contribution in [2.45, 2.75) is 25.7 Å². The molecule has 2 rings (SSSR count). The predicted molar refractivity (Wildman–Crippen MR) is 55.1 cm³/mol. The molecule has 0 aliphatic carbocycles. The van der Waals surface area contributed by atoms with Gasteiger partial charge in [-0.25, -0.2) is 0 Å². The zero-order valence-electron chi connectivity index (χ0n) is 8.53.